The van der Waals surface area contributed by atoms with Gasteiger partial charge in [-0.15, -0.1) is 0 Å². The fourth-order valence-corrected chi connectivity index (χ4v) is 1.69. The first-order valence-corrected chi connectivity index (χ1v) is 4.88. The molecule has 3 unspecified atom stereocenters. The standard InChI is InChI=1S/C8H14F3N3O3/c9-8(10,11)4(7(12)13-17)1-14-2-5(15)6(16)3-14/h4-6,15-17H,1-3H2,(H2,12,13). The van der Waals surface area contributed by atoms with E-state index in [1.807, 2.05) is 0 Å². The Bertz CT molecular complexity index is 287. The number of hydrogen-bond donors (Lipinski definition) is 4. The number of likely N-dealkylation sites (tertiary alicyclic amines) is 1. The van der Waals surface area contributed by atoms with E-state index in [0.717, 1.165) is 0 Å². The molecule has 0 aromatic heterocycles. The van der Waals surface area contributed by atoms with E-state index in [-0.39, 0.29) is 13.1 Å². The lowest BCUT2D eigenvalue weighted by molar-refractivity contribution is -0.160. The van der Waals surface area contributed by atoms with Gasteiger partial charge in [-0.3, -0.25) is 4.90 Å². The Kier molecular flexibility index (Phi) is 4.17. The monoisotopic (exact) mass is 257 g/mol. The molecule has 3 atom stereocenters. The molecule has 0 aliphatic carbocycles. The van der Waals surface area contributed by atoms with E-state index in [1.165, 1.54) is 4.90 Å². The van der Waals surface area contributed by atoms with Crippen LogP contribution in [-0.2, 0) is 0 Å². The van der Waals surface area contributed by atoms with E-state index >= 15 is 0 Å². The summed E-state index contributed by atoms with van der Waals surface area (Å²) in [4.78, 5) is 1.21. The number of nitrogens with two attached hydrogens (primary N) is 1. The van der Waals surface area contributed by atoms with Gasteiger partial charge in [0.1, 0.15) is 5.92 Å². The largest absolute Gasteiger partial charge is 0.409 e. The summed E-state index contributed by atoms with van der Waals surface area (Å²) < 4.78 is 37.7. The van der Waals surface area contributed by atoms with E-state index in [4.69, 9.17) is 10.9 Å². The van der Waals surface area contributed by atoms with Crippen molar-refractivity contribution < 1.29 is 28.6 Å². The van der Waals surface area contributed by atoms with Crippen LogP contribution < -0.4 is 5.73 Å². The van der Waals surface area contributed by atoms with Crippen molar-refractivity contribution in [3.63, 3.8) is 0 Å². The van der Waals surface area contributed by atoms with Crippen LogP contribution in [0, 0.1) is 5.92 Å². The molecule has 0 saturated carbocycles. The van der Waals surface area contributed by atoms with E-state index in [0.29, 0.717) is 0 Å². The molecule has 17 heavy (non-hydrogen) atoms. The third-order valence-corrected chi connectivity index (χ3v) is 2.64. The van der Waals surface area contributed by atoms with Crippen LogP contribution in [0.2, 0.25) is 0 Å². The Hall–Kier alpha value is -1.06. The number of aliphatic hydroxyl groups excluding tert-OH is 2. The first kappa shape index (κ1) is 14.0. The highest BCUT2D eigenvalue weighted by atomic mass is 19.4. The summed E-state index contributed by atoms with van der Waals surface area (Å²) in [5, 5.41) is 29.0. The van der Waals surface area contributed by atoms with Gasteiger partial charge in [0.05, 0.1) is 12.2 Å². The molecule has 100 valence electrons. The molecule has 0 radical (unpaired) electrons. The summed E-state index contributed by atoms with van der Waals surface area (Å²) in [6, 6.07) is 0. The van der Waals surface area contributed by atoms with Crippen LogP contribution in [0.3, 0.4) is 0 Å². The van der Waals surface area contributed by atoms with E-state index in [2.05, 4.69) is 5.16 Å². The fourth-order valence-electron chi connectivity index (χ4n) is 1.69. The number of nitrogens with zero attached hydrogens (tertiary/aromatic N) is 2. The van der Waals surface area contributed by atoms with Gasteiger partial charge in [-0.25, -0.2) is 0 Å². The summed E-state index contributed by atoms with van der Waals surface area (Å²) >= 11 is 0. The average Bonchev–Trinajstić information content (AvgIpc) is 2.52. The van der Waals surface area contributed by atoms with Crippen LogP contribution in [0.4, 0.5) is 13.2 Å². The number of aliphatic hydroxyl groups is 2. The minimum absolute atomic E-state index is 0.0769. The lowest BCUT2D eigenvalue weighted by Gasteiger charge is -2.24. The van der Waals surface area contributed by atoms with Crippen LogP contribution in [0.15, 0.2) is 5.16 Å². The fraction of sp³-hybridized carbons (Fsp3) is 0.875. The quantitative estimate of drug-likeness (QED) is 0.223. The zero-order chi connectivity index (χ0) is 13.2. The van der Waals surface area contributed by atoms with Gasteiger partial charge >= 0.3 is 6.18 Å². The Labute approximate surface area is 95.1 Å². The summed E-state index contributed by atoms with van der Waals surface area (Å²) in [7, 11) is 0. The highest BCUT2D eigenvalue weighted by Crippen LogP contribution is 2.28. The van der Waals surface area contributed by atoms with Crippen LogP contribution in [0.25, 0.3) is 0 Å². The zero-order valence-electron chi connectivity index (χ0n) is 8.80. The van der Waals surface area contributed by atoms with E-state index in [1.54, 1.807) is 0 Å². The third kappa shape index (κ3) is 3.45. The Morgan fingerprint density at radius 2 is 1.82 bits per heavy atom. The second-order valence-corrected chi connectivity index (χ2v) is 3.97. The van der Waals surface area contributed by atoms with Crippen molar-refractivity contribution in [2.75, 3.05) is 19.6 Å². The molecule has 0 amide bonds. The molecule has 6 nitrogen and oxygen atoms in total. The Morgan fingerprint density at radius 1 is 1.35 bits per heavy atom. The van der Waals surface area contributed by atoms with Gasteiger partial charge in [-0.1, -0.05) is 5.16 Å². The Morgan fingerprint density at radius 3 is 2.18 bits per heavy atom. The molecule has 0 bridgehead atoms. The maximum atomic E-state index is 12.6. The maximum absolute atomic E-state index is 12.6. The normalized spacial score (nSPS) is 29.6. The zero-order valence-corrected chi connectivity index (χ0v) is 8.80. The molecule has 5 N–H and O–H groups in total. The highest BCUT2D eigenvalue weighted by Gasteiger charge is 2.45. The number of β-amino-alcohol motifs (C(OH)–C–C–N with tert-alkyl or cyclic N) is 2. The molecule has 1 heterocycles. The van der Waals surface area contributed by atoms with Crippen LogP contribution in [-0.4, -0.2) is 64.2 Å². The summed E-state index contributed by atoms with van der Waals surface area (Å²) in [5.41, 5.74) is 4.98. The molecular formula is C8H14F3N3O3. The Balaban J connectivity index is 2.69. The van der Waals surface area contributed by atoms with Crippen LogP contribution in [0.5, 0.6) is 0 Å². The highest BCUT2D eigenvalue weighted by molar-refractivity contribution is 5.83. The summed E-state index contributed by atoms with van der Waals surface area (Å²) in [6.07, 6.45) is -6.79. The third-order valence-electron chi connectivity index (χ3n) is 2.64. The minimum Gasteiger partial charge on any atom is -0.409 e. The van der Waals surface area contributed by atoms with Crippen molar-refractivity contribution in [3.8, 4) is 0 Å². The lowest BCUT2D eigenvalue weighted by atomic mass is 10.1. The van der Waals surface area contributed by atoms with Crippen LogP contribution >= 0.6 is 0 Å². The molecule has 1 saturated heterocycles. The number of rotatable bonds is 3. The van der Waals surface area contributed by atoms with Crippen molar-refractivity contribution in [3.05, 3.63) is 0 Å². The molecule has 0 aromatic carbocycles. The second kappa shape index (κ2) is 5.07. The topological polar surface area (TPSA) is 102 Å². The molecule has 1 rings (SSSR count). The average molecular weight is 257 g/mol. The smallest absolute Gasteiger partial charge is 0.400 e. The van der Waals surface area contributed by atoms with E-state index in [9.17, 15) is 23.4 Å². The van der Waals surface area contributed by atoms with Crippen molar-refractivity contribution >= 4 is 5.84 Å². The van der Waals surface area contributed by atoms with E-state index < -0.39 is 36.7 Å². The SMILES string of the molecule is NC(=NO)C(CN1CC(O)C(O)C1)C(F)(F)F. The second-order valence-electron chi connectivity index (χ2n) is 3.97. The van der Waals surface area contributed by atoms with Gasteiger partial charge in [-0.2, -0.15) is 13.2 Å². The maximum Gasteiger partial charge on any atom is 0.400 e. The van der Waals surface area contributed by atoms with Crippen molar-refractivity contribution in [1.82, 2.24) is 4.90 Å². The van der Waals surface area contributed by atoms with Gasteiger partial charge in [0, 0.05) is 19.6 Å². The first-order valence-electron chi connectivity index (χ1n) is 4.88. The first-order chi connectivity index (χ1) is 7.75. The molecule has 0 spiro atoms. The van der Waals surface area contributed by atoms with Gasteiger partial charge < -0.3 is 21.2 Å². The predicted octanol–water partition coefficient (Wildman–Crippen LogP) is -1.05. The van der Waals surface area contributed by atoms with Gasteiger partial charge in [-0.05, 0) is 0 Å². The van der Waals surface area contributed by atoms with Crippen LogP contribution in [0.1, 0.15) is 0 Å². The van der Waals surface area contributed by atoms with Gasteiger partial charge in [0.25, 0.3) is 0 Å². The summed E-state index contributed by atoms with van der Waals surface area (Å²) in [5.74, 6) is -3.06. The number of oxime groups is 1. The van der Waals surface area contributed by atoms with Gasteiger partial charge in [0.15, 0.2) is 5.84 Å². The molecule has 9 heteroatoms. The van der Waals surface area contributed by atoms with Crippen molar-refractivity contribution in [2.45, 2.75) is 18.4 Å². The number of hydrogen-bond acceptors (Lipinski definition) is 5. The minimum atomic E-state index is -4.64. The molecule has 0 aromatic rings. The molecule has 1 fully saturated rings. The molecule has 1 aliphatic rings. The van der Waals surface area contributed by atoms with Crippen molar-refractivity contribution in [2.24, 2.45) is 16.8 Å². The number of halogens is 3. The number of amidine groups is 1. The molecular weight excluding hydrogens is 243 g/mol. The summed E-state index contributed by atoms with van der Waals surface area (Å²) in [6.45, 7) is -0.716. The number of alkyl halides is 3. The molecule has 1 aliphatic heterocycles. The van der Waals surface area contributed by atoms with Crippen molar-refractivity contribution in [1.29, 1.82) is 0 Å². The predicted molar refractivity (Wildman–Crippen MR) is 51.4 cm³/mol. The lowest BCUT2D eigenvalue weighted by Crippen LogP contribution is -2.44. The van der Waals surface area contributed by atoms with Gasteiger partial charge in [0.2, 0.25) is 0 Å².